The zero-order valence-electron chi connectivity index (χ0n) is 21.2. The van der Waals surface area contributed by atoms with Gasteiger partial charge in [-0.1, -0.05) is 19.1 Å². The number of hydrogen-bond acceptors (Lipinski definition) is 3. The summed E-state index contributed by atoms with van der Waals surface area (Å²) in [5.74, 6) is -4.30. The van der Waals surface area contributed by atoms with E-state index in [0.29, 0.717) is 30.5 Å². The summed E-state index contributed by atoms with van der Waals surface area (Å²) in [6, 6.07) is 1.80. The number of amides is 1. The Hall–Kier alpha value is -3.81. The Bertz CT molecular complexity index is 1310. The highest BCUT2D eigenvalue weighted by atomic mass is 19.2. The molecular weight excluding hydrogens is 479 g/mol. The van der Waals surface area contributed by atoms with Crippen LogP contribution in [0, 0.1) is 24.4 Å². The fourth-order valence-electron chi connectivity index (χ4n) is 4.72. The summed E-state index contributed by atoms with van der Waals surface area (Å²) in [5.41, 5.74) is 3.83. The normalized spacial score (nSPS) is 20.0. The van der Waals surface area contributed by atoms with E-state index in [4.69, 9.17) is 4.74 Å². The molecule has 8 heteroatoms. The third-order valence-electron chi connectivity index (χ3n) is 6.59. The van der Waals surface area contributed by atoms with E-state index in [9.17, 15) is 18.0 Å². The highest BCUT2D eigenvalue weighted by Crippen LogP contribution is 2.37. The largest absolute Gasteiger partial charge is 0.504 e. The predicted molar refractivity (Wildman–Crippen MR) is 137 cm³/mol. The molecule has 2 aliphatic heterocycles. The van der Waals surface area contributed by atoms with E-state index in [0.717, 1.165) is 41.9 Å². The number of piperidine rings is 1. The molecule has 1 amide bonds. The molecular formula is C29H30F3N3O2. The highest BCUT2D eigenvalue weighted by molar-refractivity contribution is 6.00. The van der Waals surface area contributed by atoms with Gasteiger partial charge < -0.3 is 14.2 Å². The van der Waals surface area contributed by atoms with Crippen LogP contribution in [0.25, 0.3) is 11.4 Å². The molecule has 0 saturated carbocycles. The number of aryl methyl sites for hydroxylation is 1. The fourth-order valence-corrected chi connectivity index (χ4v) is 4.72. The van der Waals surface area contributed by atoms with Crippen molar-refractivity contribution in [3.63, 3.8) is 0 Å². The molecule has 194 valence electrons. The molecule has 1 unspecified atom stereocenters. The van der Waals surface area contributed by atoms with Gasteiger partial charge in [0, 0.05) is 34.8 Å². The summed E-state index contributed by atoms with van der Waals surface area (Å²) in [4.78, 5) is 19.5. The van der Waals surface area contributed by atoms with Gasteiger partial charge in [-0.2, -0.15) is 0 Å². The third kappa shape index (κ3) is 5.79. The summed E-state index contributed by atoms with van der Waals surface area (Å²) >= 11 is 0. The van der Waals surface area contributed by atoms with Crippen molar-refractivity contribution in [2.24, 2.45) is 0 Å². The van der Waals surface area contributed by atoms with Gasteiger partial charge in [-0.3, -0.25) is 4.79 Å². The second-order valence-corrected chi connectivity index (χ2v) is 9.10. The lowest BCUT2D eigenvalue weighted by molar-refractivity contribution is -0.127. The molecule has 5 nitrogen and oxygen atoms in total. The second kappa shape index (κ2) is 11.5. The zero-order valence-corrected chi connectivity index (χ0v) is 21.2. The average molecular weight is 510 g/mol. The minimum atomic E-state index is -1.52. The summed E-state index contributed by atoms with van der Waals surface area (Å²) in [6.07, 6.45) is 18.0. The molecule has 37 heavy (non-hydrogen) atoms. The quantitative estimate of drug-likeness (QED) is 0.181. The molecule has 0 spiro atoms. The number of nitrogens with zero attached hydrogens (tertiary/aromatic N) is 3. The third-order valence-corrected chi connectivity index (χ3v) is 6.59. The summed E-state index contributed by atoms with van der Waals surface area (Å²) < 4.78 is 48.6. The number of methoxy groups -OCH3 is 1. The number of rotatable bonds is 7. The Balaban J connectivity index is 1.68. The Kier molecular flexibility index (Phi) is 8.16. The van der Waals surface area contributed by atoms with Crippen LogP contribution in [-0.4, -0.2) is 33.5 Å². The molecule has 2 aliphatic rings. The van der Waals surface area contributed by atoms with E-state index < -0.39 is 17.5 Å². The number of ether oxygens (including phenoxy) is 1. The summed E-state index contributed by atoms with van der Waals surface area (Å²) in [7, 11) is 1.55. The van der Waals surface area contributed by atoms with Crippen molar-refractivity contribution in [2.45, 2.75) is 52.0 Å². The number of halogens is 3. The van der Waals surface area contributed by atoms with Crippen molar-refractivity contribution in [2.75, 3.05) is 7.11 Å². The molecule has 0 bridgehead atoms. The first-order valence-electron chi connectivity index (χ1n) is 12.3. The van der Waals surface area contributed by atoms with Crippen LogP contribution in [0.5, 0.6) is 0 Å². The standard InChI is InChI=1S/C29H30F3N3O2/c1-4-23(34-17-19(2)33-18-34)10-8-20(12-13-37-3)14-21-9-11-24-6-5-7-27(35(24)29(21)36)22-15-25(30)28(32)26(31)16-22/h7-8,10,12-18,24H,4-6,9,11H2,1-3H3/b13-12+,20-8+,21-14+,23-10+. The Morgan fingerprint density at radius 3 is 2.59 bits per heavy atom. The van der Waals surface area contributed by atoms with Gasteiger partial charge in [-0.15, -0.1) is 0 Å². The van der Waals surface area contributed by atoms with E-state index >= 15 is 0 Å². The van der Waals surface area contributed by atoms with E-state index in [1.807, 2.05) is 42.8 Å². The van der Waals surface area contributed by atoms with Crippen molar-refractivity contribution in [1.82, 2.24) is 14.5 Å². The van der Waals surface area contributed by atoms with Crippen LogP contribution in [0.3, 0.4) is 0 Å². The van der Waals surface area contributed by atoms with Gasteiger partial charge in [0.25, 0.3) is 5.91 Å². The van der Waals surface area contributed by atoms with E-state index in [2.05, 4.69) is 4.98 Å². The molecule has 1 aromatic carbocycles. The first-order valence-corrected chi connectivity index (χ1v) is 12.3. The number of carbonyl (C=O) groups is 1. The van der Waals surface area contributed by atoms with Crippen molar-refractivity contribution < 1.29 is 22.7 Å². The molecule has 0 aliphatic carbocycles. The van der Waals surface area contributed by atoms with Crippen molar-refractivity contribution in [3.8, 4) is 0 Å². The minimum absolute atomic E-state index is 0.0844. The topological polar surface area (TPSA) is 47.4 Å². The van der Waals surface area contributed by atoms with Gasteiger partial charge in [0.15, 0.2) is 17.5 Å². The maximum atomic E-state index is 14.0. The van der Waals surface area contributed by atoms with Crippen LogP contribution in [0.2, 0.25) is 0 Å². The van der Waals surface area contributed by atoms with Crippen molar-refractivity contribution in [1.29, 1.82) is 0 Å². The maximum absolute atomic E-state index is 14.0. The predicted octanol–water partition coefficient (Wildman–Crippen LogP) is 6.70. The number of imidazole rings is 1. The SMILES string of the molecule is CC\C(=C/C=C(\C=C\OC)/C=C1\CCC2CCC=C(c3cc(F)c(F)c(F)c3)N2C1=O)n1cnc(C)c1. The minimum Gasteiger partial charge on any atom is -0.504 e. The van der Waals surface area contributed by atoms with Crippen LogP contribution in [0.1, 0.15) is 50.3 Å². The second-order valence-electron chi connectivity index (χ2n) is 9.10. The highest BCUT2D eigenvalue weighted by Gasteiger charge is 2.36. The number of aromatic nitrogens is 2. The lowest BCUT2D eigenvalue weighted by Gasteiger charge is -2.41. The molecule has 1 atom stereocenters. The van der Waals surface area contributed by atoms with E-state index in [-0.39, 0.29) is 17.5 Å². The van der Waals surface area contributed by atoms with Gasteiger partial charge in [0.2, 0.25) is 0 Å². The van der Waals surface area contributed by atoms with Gasteiger partial charge in [0.05, 0.1) is 25.4 Å². The molecule has 1 saturated heterocycles. The molecule has 0 radical (unpaired) electrons. The van der Waals surface area contributed by atoms with Crippen LogP contribution >= 0.6 is 0 Å². The lowest BCUT2D eigenvalue weighted by atomic mass is 9.88. The number of fused-ring (bicyclic) bond motifs is 1. The smallest absolute Gasteiger partial charge is 0.254 e. The fraction of sp³-hybridized carbons (Fsp3) is 0.310. The van der Waals surface area contributed by atoms with Crippen LogP contribution in [-0.2, 0) is 9.53 Å². The molecule has 4 rings (SSSR count). The van der Waals surface area contributed by atoms with E-state index in [1.54, 1.807) is 30.5 Å². The lowest BCUT2D eigenvalue weighted by Crippen LogP contribution is -2.45. The van der Waals surface area contributed by atoms with E-state index in [1.165, 1.54) is 6.26 Å². The molecule has 1 aromatic heterocycles. The van der Waals surface area contributed by atoms with Gasteiger partial charge in [-0.25, -0.2) is 18.2 Å². The van der Waals surface area contributed by atoms with Gasteiger partial charge >= 0.3 is 0 Å². The van der Waals surface area contributed by atoms with Gasteiger partial charge in [-0.05, 0) is 75.0 Å². The zero-order chi connectivity index (χ0) is 26.5. The average Bonchev–Trinajstić information content (AvgIpc) is 3.32. The molecule has 1 fully saturated rings. The summed E-state index contributed by atoms with van der Waals surface area (Å²) in [5, 5.41) is 0. The number of allylic oxidation sites excluding steroid dienone is 7. The van der Waals surface area contributed by atoms with Crippen LogP contribution < -0.4 is 0 Å². The summed E-state index contributed by atoms with van der Waals surface area (Å²) in [6.45, 7) is 3.98. The Morgan fingerprint density at radius 2 is 1.95 bits per heavy atom. The molecule has 2 aromatic rings. The number of hydrogen-bond donors (Lipinski definition) is 0. The number of carbonyl (C=O) groups excluding carboxylic acids is 1. The molecule has 3 heterocycles. The first kappa shape index (κ1) is 26.3. The van der Waals surface area contributed by atoms with Crippen LogP contribution in [0.15, 0.2) is 72.4 Å². The van der Waals surface area contributed by atoms with Crippen molar-refractivity contribution >= 4 is 17.3 Å². The van der Waals surface area contributed by atoms with Crippen LogP contribution in [0.4, 0.5) is 13.2 Å². The maximum Gasteiger partial charge on any atom is 0.254 e. The van der Waals surface area contributed by atoms with Gasteiger partial charge in [0.1, 0.15) is 0 Å². The van der Waals surface area contributed by atoms with Crippen molar-refractivity contribution in [3.05, 3.63) is 101 Å². The Morgan fingerprint density at radius 1 is 1.19 bits per heavy atom. The first-order chi connectivity index (χ1) is 17.8. The Labute approximate surface area is 214 Å². The number of benzene rings is 1. The monoisotopic (exact) mass is 509 g/mol. The molecule has 0 N–H and O–H groups in total.